The van der Waals surface area contributed by atoms with Gasteiger partial charge in [-0.05, 0) is 40.4 Å². The number of aromatic nitrogens is 1. The Balaban J connectivity index is 2.81. The van der Waals surface area contributed by atoms with Crippen LogP contribution in [0, 0.1) is 5.41 Å². The van der Waals surface area contributed by atoms with Gasteiger partial charge in [0.1, 0.15) is 5.69 Å². The molecule has 0 unspecified atom stereocenters. The van der Waals surface area contributed by atoms with E-state index in [2.05, 4.69) is 41.7 Å². The monoisotopic (exact) mass is 315 g/mol. The average molecular weight is 316 g/mol. The van der Waals surface area contributed by atoms with E-state index >= 15 is 0 Å². The topological polar surface area (TPSA) is 62.1 Å². The summed E-state index contributed by atoms with van der Waals surface area (Å²) in [6.45, 7) is 8.21. The standard InChI is InChI=1S/C13H22BrN3O/c1-4-5-17(9-13(2,3)8-15)12(18)11-6-10(14)7-16-11/h6-7,16H,4-5,8-9,15H2,1-3H3. The normalized spacial score (nSPS) is 11.6. The summed E-state index contributed by atoms with van der Waals surface area (Å²) in [6, 6.07) is 1.81. The Morgan fingerprint density at radius 2 is 2.22 bits per heavy atom. The Labute approximate surface area is 117 Å². The fourth-order valence-electron chi connectivity index (χ4n) is 1.77. The quantitative estimate of drug-likeness (QED) is 0.847. The van der Waals surface area contributed by atoms with E-state index in [1.54, 1.807) is 12.3 Å². The number of halogens is 1. The van der Waals surface area contributed by atoms with E-state index in [4.69, 9.17) is 5.73 Å². The molecule has 1 heterocycles. The van der Waals surface area contributed by atoms with Crippen molar-refractivity contribution in [1.82, 2.24) is 9.88 Å². The van der Waals surface area contributed by atoms with Crippen LogP contribution in [0.1, 0.15) is 37.7 Å². The summed E-state index contributed by atoms with van der Waals surface area (Å²) < 4.78 is 0.889. The molecule has 3 N–H and O–H groups in total. The first-order chi connectivity index (χ1) is 8.39. The lowest BCUT2D eigenvalue weighted by Crippen LogP contribution is -2.42. The van der Waals surface area contributed by atoms with Crippen molar-refractivity contribution in [3.8, 4) is 0 Å². The number of nitrogens with one attached hydrogen (secondary N) is 1. The zero-order valence-electron chi connectivity index (χ0n) is 11.3. The first-order valence-electron chi connectivity index (χ1n) is 6.23. The summed E-state index contributed by atoms with van der Waals surface area (Å²) in [7, 11) is 0. The molecule has 102 valence electrons. The van der Waals surface area contributed by atoms with E-state index in [0.717, 1.165) is 17.4 Å². The highest BCUT2D eigenvalue weighted by atomic mass is 79.9. The molecule has 5 heteroatoms. The van der Waals surface area contributed by atoms with Crippen molar-refractivity contribution in [3.05, 3.63) is 22.4 Å². The fraction of sp³-hybridized carbons (Fsp3) is 0.615. The molecule has 0 aliphatic carbocycles. The highest BCUT2D eigenvalue weighted by Crippen LogP contribution is 2.18. The van der Waals surface area contributed by atoms with E-state index in [-0.39, 0.29) is 11.3 Å². The van der Waals surface area contributed by atoms with E-state index in [1.165, 1.54) is 0 Å². The van der Waals surface area contributed by atoms with Crippen LogP contribution < -0.4 is 5.73 Å². The van der Waals surface area contributed by atoms with Crippen LogP contribution >= 0.6 is 15.9 Å². The molecule has 1 aromatic heterocycles. The maximum Gasteiger partial charge on any atom is 0.270 e. The first-order valence-corrected chi connectivity index (χ1v) is 7.02. The molecular formula is C13H22BrN3O. The average Bonchev–Trinajstić information content (AvgIpc) is 2.74. The van der Waals surface area contributed by atoms with Crippen LogP contribution in [0.25, 0.3) is 0 Å². The van der Waals surface area contributed by atoms with Gasteiger partial charge in [0.05, 0.1) is 0 Å². The van der Waals surface area contributed by atoms with Crippen LogP contribution in [-0.4, -0.2) is 35.4 Å². The van der Waals surface area contributed by atoms with Crippen LogP contribution in [-0.2, 0) is 0 Å². The number of carbonyl (C=O) groups excluding carboxylic acids is 1. The van der Waals surface area contributed by atoms with Crippen LogP contribution in [0.5, 0.6) is 0 Å². The predicted octanol–water partition coefficient (Wildman–Crippen LogP) is 2.61. The van der Waals surface area contributed by atoms with Gasteiger partial charge >= 0.3 is 0 Å². The lowest BCUT2D eigenvalue weighted by atomic mass is 9.93. The van der Waals surface area contributed by atoms with Crippen LogP contribution in [0.4, 0.5) is 0 Å². The molecule has 1 aromatic rings. The maximum atomic E-state index is 12.4. The molecule has 0 aromatic carbocycles. The Bertz CT molecular complexity index is 401. The molecular weight excluding hydrogens is 294 g/mol. The number of amides is 1. The molecule has 0 aliphatic heterocycles. The Kier molecular flexibility index (Phi) is 5.41. The number of nitrogens with zero attached hydrogens (tertiary/aromatic N) is 1. The molecule has 1 rings (SSSR count). The van der Waals surface area contributed by atoms with Crippen molar-refractivity contribution >= 4 is 21.8 Å². The van der Waals surface area contributed by atoms with Gasteiger partial charge in [-0.3, -0.25) is 4.79 Å². The van der Waals surface area contributed by atoms with Gasteiger partial charge in [-0.2, -0.15) is 0 Å². The second-order valence-electron chi connectivity index (χ2n) is 5.33. The van der Waals surface area contributed by atoms with Gasteiger partial charge in [0, 0.05) is 23.8 Å². The molecule has 0 atom stereocenters. The Hall–Kier alpha value is -0.810. The number of hydrogen-bond donors (Lipinski definition) is 2. The lowest BCUT2D eigenvalue weighted by Gasteiger charge is -2.31. The molecule has 0 saturated carbocycles. The van der Waals surface area contributed by atoms with Crippen molar-refractivity contribution in [2.24, 2.45) is 11.1 Å². The SMILES string of the molecule is CCCN(CC(C)(C)CN)C(=O)c1cc(Br)c[nH]1. The van der Waals surface area contributed by atoms with Gasteiger partial charge in [-0.1, -0.05) is 20.8 Å². The summed E-state index contributed by atoms with van der Waals surface area (Å²) >= 11 is 3.34. The van der Waals surface area contributed by atoms with Crippen LogP contribution in [0.2, 0.25) is 0 Å². The summed E-state index contributed by atoms with van der Waals surface area (Å²) in [4.78, 5) is 17.2. The molecule has 0 saturated heterocycles. The minimum atomic E-state index is -0.0609. The zero-order valence-corrected chi connectivity index (χ0v) is 12.9. The third-order valence-electron chi connectivity index (χ3n) is 2.83. The lowest BCUT2D eigenvalue weighted by molar-refractivity contribution is 0.0684. The van der Waals surface area contributed by atoms with Gasteiger partial charge in [-0.25, -0.2) is 0 Å². The molecule has 0 spiro atoms. The second-order valence-corrected chi connectivity index (χ2v) is 6.24. The highest BCUT2D eigenvalue weighted by molar-refractivity contribution is 9.10. The van der Waals surface area contributed by atoms with Gasteiger partial charge in [0.25, 0.3) is 5.91 Å². The Morgan fingerprint density at radius 1 is 1.56 bits per heavy atom. The third-order valence-corrected chi connectivity index (χ3v) is 3.29. The van der Waals surface area contributed by atoms with Crippen LogP contribution in [0.15, 0.2) is 16.7 Å². The number of aromatic amines is 1. The van der Waals surface area contributed by atoms with Crippen molar-refractivity contribution in [2.75, 3.05) is 19.6 Å². The van der Waals surface area contributed by atoms with Crippen LogP contribution in [0.3, 0.4) is 0 Å². The molecule has 0 radical (unpaired) electrons. The van der Waals surface area contributed by atoms with Gasteiger partial charge in [-0.15, -0.1) is 0 Å². The van der Waals surface area contributed by atoms with E-state index in [0.29, 0.717) is 18.8 Å². The van der Waals surface area contributed by atoms with Crippen molar-refractivity contribution in [3.63, 3.8) is 0 Å². The van der Waals surface area contributed by atoms with Crippen molar-refractivity contribution in [1.29, 1.82) is 0 Å². The second kappa shape index (κ2) is 6.38. The minimum absolute atomic E-state index is 0.0316. The molecule has 1 amide bonds. The van der Waals surface area contributed by atoms with Crippen molar-refractivity contribution in [2.45, 2.75) is 27.2 Å². The first kappa shape index (κ1) is 15.2. The minimum Gasteiger partial charge on any atom is -0.356 e. The summed E-state index contributed by atoms with van der Waals surface area (Å²) in [6.07, 6.45) is 2.71. The molecule has 0 aliphatic rings. The fourth-order valence-corrected chi connectivity index (χ4v) is 2.11. The molecule has 18 heavy (non-hydrogen) atoms. The molecule has 4 nitrogen and oxygen atoms in total. The number of hydrogen-bond acceptors (Lipinski definition) is 2. The zero-order chi connectivity index (χ0) is 13.8. The predicted molar refractivity (Wildman–Crippen MR) is 77.5 cm³/mol. The van der Waals surface area contributed by atoms with Gasteiger partial charge < -0.3 is 15.6 Å². The largest absolute Gasteiger partial charge is 0.356 e. The number of rotatable bonds is 6. The van der Waals surface area contributed by atoms with E-state index in [9.17, 15) is 4.79 Å². The number of carbonyl (C=O) groups is 1. The molecule has 0 bridgehead atoms. The van der Waals surface area contributed by atoms with Crippen molar-refractivity contribution < 1.29 is 4.79 Å². The number of H-pyrrole nitrogens is 1. The molecule has 0 fully saturated rings. The van der Waals surface area contributed by atoms with E-state index in [1.807, 2.05) is 4.90 Å². The Morgan fingerprint density at radius 3 is 2.67 bits per heavy atom. The third kappa shape index (κ3) is 4.14. The number of nitrogens with two attached hydrogens (primary N) is 1. The van der Waals surface area contributed by atoms with Gasteiger partial charge in [0.2, 0.25) is 0 Å². The summed E-state index contributed by atoms with van der Waals surface area (Å²) in [5, 5.41) is 0. The highest BCUT2D eigenvalue weighted by Gasteiger charge is 2.24. The van der Waals surface area contributed by atoms with Gasteiger partial charge in [0.15, 0.2) is 0 Å². The maximum absolute atomic E-state index is 12.4. The smallest absolute Gasteiger partial charge is 0.270 e. The summed E-state index contributed by atoms with van der Waals surface area (Å²) in [5.74, 6) is 0.0316. The summed E-state index contributed by atoms with van der Waals surface area (Å²) in [5.41, 5.74) is 6.29. The van der Waals surface area contributed by atoms with E-state index < -0.39 is 0 Å².